The van der Waals surface area contributed by atoms with Gasteiger partial charge in [0.25, 0.3) is 0 Å². The third-order valence-corrected chi connectivity index (χ3v) is 5.43. The number of anilines is 2. The van der Waals surface area contributed by atoms with Crippen molar-refractivity contribution in [2.24, 2.45) is 5.73 Å². The maximum absolute atomic E-state index is 15.4. The molecule has 1 aliphatic rings. The summed E-state index contributed by atoms with van der Waals surface area (Å²) in [6, 6.07) is 16.1. The summed E-state index contributed by atoms with van der Waals surface area (Å²) in [5.41, 5.74) is 9.45. The second-order valence-electron chi connectivity index (χ2n) is 8.08. The molecule has 0 bridgehead atoms. The number of nitrogens with two attached hydrogens (primary N) is 1. The highest BCUT2D eigenvalue weighted by Crippen LogP contribution is 2.35. The number of nitrogens with one attached hydrogen (secondary N) is 1. The maximum Gasteiger partial charge on any atom is 0.207 e. The molecule has 0 aliphatic heterocycles. The van der Waals surface area contributed by atoms with Gasteiger partial charge in [0.2, 0.25) is 5.82 Å². The van der Waals surface area contributed by atoms with Gasteiger partial charge >= 0.3 is 0 Å². The van der Waals surface area contributed by atoms with E-state index in [0.29, 0.717) is 31.0 Å². The van der Waals surface area contributed by atoms with Crippen LogP contribution in [-0.4, -0.2) is 23.1 Å². The standard InChI is InChI=1S/C25H28FN5O/c1-17(27)12-18-6-8-19(9-7-18)14-28-24-23(26)25(30-16-29-24)31(21-10-11-21)15-20-4-3-5-22(13-20)32-2/h3-9,13,16,21H,1,10-12,14-15,27H2,2H3,(H,28,29,30). The number of hydrogen-bond acceptors (Lipinski definition) is 6. The molecule has 1 heterocycles. The Labute approximate surface area is 188 Å². The topological polar surface area (TPSA) is 76.3 Å². The second-order valence-corrected chi connectivity index (χ2v) is 8.08. The molecule has 0 saturated heterocycles. The van der Waals surface area contributed by atoms with Crippen molar-refractivity contribution in [3.8, 4) is 5.75 Å². The minimum Gasteiger partial charge on any atom is -0.497 e. The first-order valence-corrected chi connectivity index (χ1v) is 10.7. The van der Waals surface area contributed by atoms with Crippen LogP contribution in [0.3, 0.4) is 0 Å². The van der Waals surface area contributed by atoms with E-state index in [9.17, 15) is 0 Å². The molecule has 2 aromatic carbocycles. The van der Waals surface area contributed by atoms with Crippen LogP contribution < -0.4 is 20.7 Å². The zero-order chi connectivity index (χ0) is 22.5. The van der Waals surface area contributed by atoms with Crippen molar-refractivity contribution in [2.45, 2.75) is 38.4 Å². The van der Waals surface area contributed by atoms with Gasteiger partial charge in [0, 0.05) is 31.2 Å². The van der Waals surface area contributed by atoms with E-state index in [-0.39, 0.29) is 11.9 Å². The van der Waals surface area contributed by atoms with Crippen molar-refractivity contribution >= 4 is 11.6 Å². The lowest BCUT2D eigenvalue weighted by Gasteiger charge is -2.24. The van der Waals surface area contributed by atoms with E-state index in [4.69, 9.17) is 10.5 Å². The van der Waals surface area contributed by atoms with Gasteiger partial charge in [-0.05, 0) is 41.7 Å². The fraction of sp³-hybridized carbons (Fsp3) is 0.280. The molecule has 6 nitrogen and oxygen atoms in total. The molecule has 1 aliphatic carbocycles. The lowest BCUT2D eigenvalue weighted by Crippen LogP contribution is -2.27. The lowest BCUT2D eigenvalue weighted by molar-refractivity contribution is 0.414. The van der Waals surface area contributed by atoms with E-state index in [1.165, 1.54) is 6.33 Å². The van der Waals surface area contributed by atoms with Crippen LogP contribution in [0.1, 0.15) is 29.5 Å². The molecule has 0 spiro atoms. The van der Waals surface area contributed by atoms with Crippen LogP contribution in [0.15, 0.2) is 67.1 Å². The summed E-state index contributed by atoms with van der Waals surface area (Å²) in [4.78, 5) is 10.4. The lowest BCUT2D eigenvalue weighted by atomic mass is 10.1. The quantitative estimate of drug-likeness (QED) is 0.493. The monoisotopic (exact) mass is 433 g/mol. The Morgan fingerprint density at radius 3 is 2.59 bits per heavy atom. The summed E-state index contributed by atoms with van der Waals surface area (Å²) in [6.45, 7) is 4.75. The molecule has 1 fully saturated rings. The van der Waals surface area contributed by atoms with E-state index < -0.39 is 5.82 Å². The molecule has 7 heteroatoms. The Morgan fingerprint density at radius 1 is 1.16 bits per heavy atom. The number of benzene rings is 2. The van der Waals surface area contributed by atoms with Gasteiger partial charge in [0.1, 0.15) is 12.1 Å². The van der Waals surface area contributed by atoms with Crippen molar-refractivity contribution in [1.29, 1.82) is 0 Å². The number of rotatable bonds is 10. The average Bonchev–Trinajstić information content (AvgIpc) is 3.63. The van der Waals surface area contributed by atoms with Crippen molar-refractivity contribution < 1.29 is 9.13 Å². The first kappa shape index (κ1) is 21.6. The number of ether oxygens (including phenoxy) is 1. The Kier molecular flexibility index (Phi) is 6.54. The van der Waals surface area contributed by atoms with Gasteiger partial charge in [-0.2, -0.15) is 4.39 Å². The minimum atomic E-state index is -0.432. The minimum absolute atomic E-state index is 0.200. The second kappa shape index (κ2) is 9.68. The van der Waals surface area contributed by atoms with Crippen LogP contribution in [0.4, 0.5) is 16.0 Å². The number of methoxy groups -OCH3 is 1. The summed E-state index contributed by atoms with van der Waals surface area (Å²) >= 11 is 0. The molecule has 3 N–H and O–H groups in total. The molecule has 166 valence electrons. The molecular weight excluding hydrogens is 405 g/mol. The molecule has 1 saturated carbocycles. The third kappa shape index (κ3) is 5.35. The van der Waals surface area contributed by atoms with Gasteiger partial charge in [-0.3, -0.25) is 0 Å². The van der Waals surface area contributed by atoms with Crippen LogP contribution in [0.25, 0.3) is 0 Å². The van der Waals surface area contributed by atoms with Gasteiger partial charge in [-0.25, -0.2) is 9.97 Å². The van der Waals surface area contributed by atoms with Gasteiger partial charge in [-0.15, -0.1) is 0 Å². The first-order valence-electron chi connectivity index (χ1n) is 10.7. The number of allylic oxidation sites excluding steroid dienone is 1. The fourth-order valence-corrected chi connectivity index (χ4v) is 3.64. The largest absolute Gasteiger partial charge is 0.497 e. The molecule has 32 heavy (non-hydrogen) atoms. The van der Waals surface area contributed by atoms with Crippen molar-refractivity contribution in [3.63, 3.8) is 0 Å². The predicted molar refractivity (Wildman–Crippen MR) is 125 cm³/mol. The summed E-state index contributed by atoms with van der Waals surface area (Å²) in [5.74, 6) is 0.874. The smallest absolute Gasteiger partial charge is 0.207 e. The molecule has 0 amide bonds. The highest BCUT2D eigenvalue weighted by molar-refractivity contribution is 5.53. The summed E-state index contributed by atoms with van der Waals surface area (Å²) in [6.07, 6.45) is 4.11. The third-order valence-electron chi connectivity index (χ3n) is 5.43. The SMILES string of the molecule is C=C(N)Cc1ccc(CNc2ncnc(N(Cc3cccc(OC)c3)C3CC3)c2F)cc1. The van der Waals surface area contributed by atoms with Crippen LogP contribution in [0, 0.1) is 5.82 Å². The zero-order valence-corrected chi connectivity index (χ0v) is 18.2. The van der Waals surface area contributed by atoms with E-state index >= 15 is 4.39 Å². The summed E-state index contributed by atoms with van der Waals surface area (Å²) in [7, 11) is 1.64. The van der Waals surface area contributed by atoms with E-state index in [1.54, 1.807) is 7.11 Å². The number of aromatic nitrogens is 2. The molecule has 1 aromatic heterocycles. The van der Waals surface area contributed by atoms with Gasteiger partial charge in [-0.1, -0.05) is 43.0 Å². The van der Waals surface area contributed by atoms with Crippen molar-refractivity contribution in [2.75, 3.05) is 17.3 Å². The molecular formula is C25H28FN5O. The van der Waals surface area contributed by atoms with E-state index in [1.807, 2.05) is 53.4 Å². The summed E-state index contributed by atoms with van der Waals surface area (Å²) in [5, 5.41) is 3.11. The molecule has 4 rings (SSSR count). The van der Waals surface area contributed by atoms with Crippen LogP contribution >= 0.6 is 0 Å². The molecule has 0 unspecified atom stereocenters. The van der Waals surface area contributed by atoms with Crippen LogP contribution in [0.5, 0.6) is 5.75 Å². The zero-order valence-electron chi connectivity index (χ0n) is 18.2. The average molecular weight is 434 g/mol. The molecule has 0 atom stereocenters. The number of nitrogens with zero attached hydrogens (tertiary/aromatic N) is 3. The van der Waals surface area contributed by atoms with Gasteiger partial charge in [0.15, 0.2) is 11.6 Å². The Morgan fingerprint density at radius 2 is 1.91 bits per heavy atom. The van der Waals surface area contributed by atoms with E-state index in [2.05, 4.69) is 21.9 Å². The Balaban J connectivity index is 1.48. The van der Waals surface area contributed by atoms with Crippen molar-refractivity contribution in [3.05, 3.63) is 89.6 Å². The van der Waals surface area contributed by atoms with Gasteiger partial charge < -0.3 is 20.7 Å². The van der Waals surface area contributed by atoms with E-state index in [0.717, 1.165) is 35.3 Å². The highest BCUT2D eigenvalue weighted by Gasteiger charge is 2.32. The predicted octanol–water partition coefficient (Wildman–Crippen LogP) is 4.42. The maximum atomic E-state index is 15.4. The van der Waals surface area contributed by atoms with Crippen molar-refractivity contribution in [1.82, 2.24) is 9.97 Å². The first-order chi connectivity index (χ1) is 15.5. The molecule has 0 radical (unpaired) electrons. The highest BCUT2D eigenvalue weighted by atomic mass is 19.1. The Bertz CT molecular complexity index is 1080. The Hall–Kier alpha value is -3.61. The fourth-order valence-electron chi connectivity index (χ4n) is 3.64. The van der Waals surface area contributed by atoms with Gasteiger partial charge in [0.05, 0.1) is 7.11 Å². The van der Waals surface area contributed by atoms with Crippen LogP contribution in [-0.2, 0) is 19.5 Å². The normalized spacial score (nSPS) is 12.9. The molecule has 3 aromatic rings. The summed E-state index contributed by atoms with van der Waals surface area (Å²) < 4.78 is 20.7. The number of halogens is 1. The number of hydrogen-bond donors (Lipinski definition) is 2. The van der Waals surface area contributed by atoms with Crippen LogP contribution in [0.2, 0.25) is 0 Å².